The van der Waals surface area contributed by atoms with Gasteiger partial charge in [0.2, 0.25) is 0 Å². The van der Waals surface area contributed by atoms with Gasteiger partial charge in [0.25, 0.3) is 0 Å². The van der Waals surface area contributed by atoms with Crippen LogP contribution in [0.15, 0.2) is 17.5 Å². The van der Waals surface area contributed by atoms with E-state index in [1.165, 1.54) is 4.88 Å². The Labute approximate surface area is 63.9 Å². The second-order valence-corrected chi connectivity index (χ2v) is 3.57. The van der Waals surface area contributed by atoms with Crippen LogP contribution in [0.4, 0.5) is 0 Å². The smallest absolute Gasteiger partial charge is 0.0662 e. The van der Waals surface area contributed by atoms with Crippen LogP contribution in [0.5, 0.6) is 0 Å². The molecule has 1 saturated carbocycles. The first-order valence-electron chi connectivity index (χ1n) is 3.35. The molecule has 0 radical (unpaired) electrons. The van der Waals surface area contributed by atoms with E-state index in [2.05, 4.69) is 17.5 Å². The quantitative estimate of drug-likeness (QED) is 0.601. The highest BCUT2D eigenvalue weighted by atomic mass is 32.1. The summed E-state index contributed by atoms with van der Waals surface area (Å²) in [6.45, 7) is 0. The lowest BCUT2D eigenvalue weighted by Gasteiger charge is -1.84. The first-order valence-corrected chi connectivity index (χ1v) is 4.23. The van der Waals surface area contributed by atoms with E-state index in [1.807, 2.05) is 6.07 Å². The maximum absolute atomic E-state index is 8.53. The Balaban J connectivity index is 2.13. The van der Waals surface area contributed by atoms with Crippen molar-refractivity contribution in [3.63, 3.8) is 0 Å². The zero-order valence-corrected chi connectivity index (χ0v) is 6.27. The molecule has 1 aromatic rings. The van der Waals surface area contributed by atoms with E-state index in [0.717, 1.165) is 6.42 Å². The van der Waals surface area contributed by atoms with Crippen LogP contribution in [-0.4, -0.2) is 0 Å². The lowest BCUT2D eigenvalue weighted by atomic mass is 10.3. The van der Waals surface area contributed by atoms with Crippen molar-refractivity contribution >= 4 is 11.3 Å². The van der Waals surface area contributed by atoms with Gasteiger partial charge in [0, 0.05) is 10.8 Å². The Morgan fingerprint density at radius 3 is 3.10 bits per heavy atom. The summed E-state index contributed by atoms with van der Waals surface area (Å²) in [4.78, 5) is 1.38. The molecule has 0 saturated heterocycles. The van der Waals surface area contributed by atoms with Gasteiger partial charge in [-0.05, 0) is 17.9 Å². The molecule has 1 fully saturated rings. The van der Waals surface area contributed by atoms with Crippen molar-refractivity contribution in [2.24, 2.45) is 5.92 Å². The Morgan fingerprint density at radius 1 is 1.70 bits per heavy atom. The van der Waals surface area contributed by atoms with Crippen LogP contribution in [0.25, 0.3) is 0 Å². The zero-order chi connectivity index (χ0) is 6.97. The van der Waals surface area contributed by atoms with Crippen molar-refractivity contribution in [3.05, 3.63) is 22.4 Å². The molecule has 1 aromatic heterocycles. The highest BCUT2D eigenvalue weighted by Crippen LogP contribution is 2.48. The third-order valence-corrected chi connectivity index (χ3v) is 2.87. The van der Waals surface area contributed by atoms with Crippen LogP contribution >= 0.6 is 11.3 Å². The Bertz CT molecular complexity index is 257. The summed E-state index contributed by atoms with van der Waals surface area (Å²) in [7, 11) is 0. The van der Waals surface area contributed by atoms with Gasteiger partial charge in [0.15, 0.2) is 0 Å². The molecule has 2 heteroatoms. The predicted molar refractivity (Wildman–Crippen MR) is 40.8 cm³/mol. The van der Waals surface area contributed by atoms with Crippen molar-refractivity contribution in [1.29, 1.82) is 5.26 Å². The van der Waals surface area contributed by atoms with Crippen LogP contribution in [0.1, 0.15) is 17.2 Å². The molecule has 0 aromatic carbocycles. The Hall–Kier alpha value is -0.810. The van der Waals surface area contributed by atoms with E-state index in [0.29, 0.717) is 11.8 Å². The molecule has 0 spiro atoms. The lowest BCUT2D eigenvalue weighted by molar-refractivity contribution is 1.05. The molecule has 10 heavy (non-hydrogen) atoms. The van der Waals surface area contributed by atoms with E-state index in [-0.39, 0.29) is 0 Å². The number of hydrogen-bond donors (Lipinski definition) is 0. The third kappa shape index (κ3) is 0.833. The van der Waals surface area contributed by atoms with Crippen LogP contribution in [0, 0.1) is 17.2 Å². The zero-order valence-electron chi connectivity index (χ0n) is 5.45. The highest BCUT2D eigenvalue weighted by Gasteiger charge is 2.38. The SMILES string of the molecule is N#C[C@@H]1C[C@H]1c1cccs1. The largest absolute Gasteiger partial charge is 0.198 e. The molecular weight excluding hydrogens is 142 g/mol. The van der Waals surface area contributed by atoms with E-state index < -0.39 is 0 Å². The minimum absolute atomic E-state index is 0.318. The molecule has 2 atom stereocenters. The van der Waals surface area contributed by atoms with Gasteiger partial charge in [-0.3, -0.25) is 0 Å². The van der Waals surface area contributed by atoms with E-state index in [9.17, 15) is 0 Å². The van der Waals surface area contributed by atoms with Crippen molar-refractivity contribution in [1.82, 2.24) is 0 Å². The first kappa shape index (κ1) is 5.94. The number of thiophene rings is 1. The van der Waals surface area contributed by atoms with Crippen molar-refractivity contribution < 1.29 is 0 Å². The summed E-state index contributed by atoms with van der Waals surface area (Å²) >= 11 is 1.76. The van der Waals surface area contributed by atoms with E-state index in [4.69, 9.17) is 5.26 Å². The second-order valence-electron chi connectivity index (χ2n) is 2.59. The minimum Gasteiger partial charge on any atom is -0.198 e. The minimum atomic E-state index is 0.318. The standard InChI is InChI=1S/C8H7NS/c9-5-6-4-7(6)8-2-1-3-10-8/h1-3,6-7H,4H2/t6-,7+/m0/s1. The summed E-state index contributed by atoms with van der Waals surface area (Å²) in [6, 6.07) is 6.45. The summed E-state index contributed by atoms with van der Waals surface area (Å²) in [6.07, 6.45) is 1.08. The summed E-state index contributed by atoms with van der Waals surface area (Å²) in [5.74, 6) is 0.892. The fourth-order valence-corrected chi connectivity index (χ4v) is 2.06. The van der Waals surface area contributed by atoms with E-state index >= 15 is 0 Å². The fourth-order valence-electron chi connectivity index (χ4n) is 1.15. The normalized spacial score (nSPS) is 29.5. The summed E-state index contributed by atoms with van der Waals surface area (Å²) < 4.78 is 0. The molecule has 0 amide bonds. The highest BCUT2D eigenvalue weighted by molar-refractivity contribution is 7.10. The molecular formula is C8H7NS. The lowest BCUT2D eigenvalue weighted by Crippen LogP contribution is -1.72. The number of nitriles is 1. The fraction of sp³-hybridized carbons (Fsp3) is 0.375. The maximum atomic E-state index is 8.53. The van der Waals surface area contributed by atoms with Gasteiger partial charge in [-0.1, -0.05) is 6.07 Å². The van der Waals surface area contributed by atoms with E-state index in [1.54, 1.807) is 11.3 Å². The van der Waals surface area contributed by atoms with Gasteiger partial charge in [0.1, 0.15) is 0 Å². The molecule has 0 aliphatic heterocycles. The predicted octanol–water partition coefficient (Wildman–Crippen LogP) is 2.38. The average Bonchev–Trinajstić information content (AvgIpc) is 2.56. The average molecular weight is 149 g/mol. The molecule has 0 bridgehead atoms. The molecule has 1 heterocycles. The summed E-state index contributed by atoms with van der Waals surface area (Å²) in [5, 5.41) is 10.6. The van der Waals surface area contributed by atoms with Crippen LogP contribution < -0.4 is 0 Å². The first-order chi connectivity index (χ1) is 4.92. The number of rotatable bonds is 1. The number of hydrogen-bond acceptors (Lipinski definition) is 2. The second kappa shape index (κ2) is 2.10. The van der Waals surface area contributed by atoms with Gasteiger partial charge < -0.3 is 0 Å². The van der Waals surface area contributed by atoms with Crippen molar-refractivity contribution in [2.45, 2.75) is 12.3 Å². The molecule has 50 valence electrons. The number of nitrogens with zero attached hydrogens (tertiary/aromatic N) is 1. The Kier molecular flexibility index (Phi) is 1.25. The summed E-state index contributed by atoms with van der Waals surface area (Å²) in [5.41, 5.74) is 0. The Morgan fingerprint density at radius 2 is 2.60 bits per heavy atom. The monoisotopic (exact) mass is 149 g/mol. The van der Waals surface area contributed by atoms with Crippen LogP contribution in [-0.2, 0) is 0 Å². The van der Waals surface area contributed by atoms with Crippen LogP contribution in [0.2, 0.25) is 0 Å². The molecule has 1 nitrogen and oxygen atoms in total. The van der Waals surface area contributed by atoms with Gasteiger partial charge in [-0.15, -0.1) is 11.3 Å². The van der Waals surface area contributed by atoms with Gasteiger partial charge in [-0.25, -0.2) is 0 Å². The third-order valence-electron chi connectivity index (χ3n) is 1.86. The van der Waals surface area contributed by atoms with Crippen LogP contribution in [0.3, 0.4) is 0 Å². The topological polar surface area (TPSA) is 23.8 Å². The maximum Gasteiger partial charge on any atom is 0.0662 e. The van der Waals surface area contributed by atoms with Gasteiger partial charge >= 0.3 is 0 Å². The molecule has 0 unspecified atom stereocenters. The molecule has 0 N–H and O–H groups in total. The van der Waals surface area contributed by atoms with Gasteiger partial charge in [-0.2, -0.15) is 5.26 Å². The molecule has 1 aliphatic carbocycles. The van der Waals surface area contributed by atoms with Gasteiger partial charge in [0.05, 0.1) is 12.0 Å². The molecule has 1 aliphatic rings. The van der Waals surface area contributed by atoms with Crippen molar-refractivity contribution in [2.75, 3.05) is 0 Å². The molecule has 2 rings (SSSR count). The van der Waals surface area contributed by atoms with Crippen molar-refractivity contribution in [3.8, 4) is 6.07 Å².